The molecule has 2 aliphatic heterocycles. The number of H-pyrrole nitrogens is 1. The van der Waals surface area contributed by atoms with Crippen LogP contribution in [-0.4, -0.2) is 57.4 Å². The molecule has 2 amide bonds. The number of nitriles is 1. The fourth-order valence-electron chi connectivity index (χ4n) is 6.01. The van der Waals surface area contributed by atoms with Crippen molar-refractivity contribution in [1.82, 2.24) is 14.8 Å². The number of nitrogens with zero attached hydrogens (tertiary/aromatic N) is 3. The number of halogens is 3. The number of fused-ring (bicyclic) bond motifs is 3. The molecule has 3 heterocycles. The Hall–Kier alpha value is -3.88. The smallest absolute Gasteiger partial charge is 0.373 e. The third-order valence-electron chi connectivity index (χ3n) is 8.03. The number of anilines is 1. The lowest BCUT2D eigenvalue weighted by molar-refractivity contribution is -0.142. The average Bonchev–Trinajstić information content (AvgIpc) is 3.59. The van der Waals surface area contributed by atoms with Gasteiger partial charge >= 0.3 is 6.18 Å². The predicted molar refractivity (Wildman–Crippen MR) is 142 cm³/mol. The van der Waals surface area contributed by atoms with Crippen LogP contribution in [0.3, 0.4) is 0 Å². The van der Waals surface area contributed by atoms with Crippen molar-refractivity contribution in [3.05, 3.63) is 65.4 Å². The van der Waals surface area contributed by atoms with E-state index in [1.807, 2.05) is 26.0 Å². The van der Waals surface area contributed by atoms with Crippen molar-refractivity contribution in [2.24, 2.45) is 5.92 Å². The van der Waals surface area contributed by atoms with Crippen LogP contribution in [0.2, 0.25) is 0 Å². The molecule has 1 fully saturated rings. The van der Waals surface area contributed by atoms with E-state index < -0.39 is 41.4 Å². The number of rotatable bonds is 6. The molecule has 2 aromatic carbocycles. The maximum absolute atomic E-state index is 14.1. The Kier molecular flexibility index (Phi) is 6.88. The van der Waals surface area contributed by atoms with Crippen molar-refractivity contribution in [2.45, 2.75) is 56.6 Å². The lowest BCUT2D eigenvalue weighted by Gasteiger charge is -2.35. The summed E-state index contributed by atoms with van der Waals surface area (Å²) >= 11 is 0. The maximum atomic E-state index is 14.1. The van der Waals surface area contributed by atoms with Crippen LogP contribution in [0.5, 0.6) is 0 Å². The quantitative estimate of drug-likeness (QED) is 0.388. The molecule has 1 saturated heterocycles. The van der Waals surface area contributed by atoms with Gasteiger partial charge in [0, 0.05) is 24.0 Å². The topological polar surface area (TPSA) is 112 Å². The number of likely N-dealkylation sites (tertiary alicyclic amines) is 1. The summed E-state index contributed by atoms with van der Waals surface area (Å²) in [4.78, 5) is 32.7. The van der Waals surface area contributed by atoms with E-state index in [1.165, 1.54) is 35.0 Å². The highest BCUT2D eigenvalue weighted by Gasteiger charge is 2.56. The minimum Gasteiger partial charge on any atom is -0.373 e. The summed E-state index contributed by atoms with van der Waals surface area (Å²) in [7, 11) is 1.52. The van der Waals surface area contributed by atoms with Gasteiger partial charge in [-0.3, -0.25) is 14.5 Å². The molecule has 5 rings (SSSR count). The van der Waals surface area contributed by atoms with E-state index in [1.54, 1.807) is 12.1 Å². The van der Waals surface area contributed by atoms with Crippen molar-refractivity contribution < 1.29 is 27.9 Å². The number of aliphatic hydroxyl groups is 1. The van der Waals surface area contributed by atoms with Crippen LogP contribution < -0.4 is 5.32 Å². The standard InChI is InChI=1S/C29H30F3N5O3/c1-16(2)11-23(36(3)25(38)22-12-17-7-6-9-20(24(17)34-22)29(30,31)32)26(39)37-15-28(13-18(37)14-33)19-8-4-5-10-21(19)35-27(28)40/h4-10,12,16,18,23,25,34,38H,11,13,15H2,1-3H3,(H,35,40)/t18-,23-,25?,28-/m0/s1. The van der Waals surface area contributed by atoms with Crippen LogP contribution in [0.15, 0.2) is 48.5 Å². The van der Waals surface area contributed by atoms with Crippen molar-refractivity contribution in [2.75, 3.05) is 18.9 Å². The molecule has 4 atom stereocenters. The van der Waals surface area contributed by atoms with Crippen LogP contribution >= 0.6 is 0 Å². The molecule has 0 aliphatic carbocycles. The molecular weight excluding hydrogens is 523 g/mol. The Morgan fingerprint density at radius 2 is 1.98 bits per heavy atom. The molecule has 2 aliphatic rings. The fraction of sp³-hybridized carbons (Fsp3) is 0.414. The number of aromatic amines is 1. The Morgan fingerprint density at radius 1 is 1.25 bits per heavy atom. The number of nitrogens with one attached hydrogen (secondary N) is 2. The van der Waals surface area contributed by atoms with E-state index in [2.05, 4.69) is 16.4 Å². The minimum absolute atomic E-state index is 0.00671. The number of benzene rings is 2. The molecular formula is C29H30F3N5O3. The monoisotopic (exact) mass is 553 g/mol. The van der Waals surface area contributed by atoms with E-state index >= 15 is 0 Å². The van der Waals surface area contributed by atoms with E-state index in [9.17, 15) is 33.1 Å². The van der Waals surface area contributed by atoms with Crippen LogP contribution in [-0.2, 0) is 21.2 Å². The third-order valence-corrected chi connectivity index (χ3v) is 8.03. The van der Waals surface area contributed by atoms with Gasteiger partial charge in [0.25, 0.3) is 0 Å². The lowest BCUT2D eigenvalue weighted by Crippen LogP contribution is -2.51. The van der Waals surface area contributed by atoms with Crippen molar-refractivity contribution in [3.8, 4) is 6.07 Å². The molecule has 40 heavy (non-hydrogen) atoms. The Balaban J connectivity index is 1.46. The molecule has 1 spiro atoms. The second-order valence-corrected chi connectivity index (χ2v) is 11.1. The Bertz CT molecular complexity index is 1510. The van der Waals surface area contributed by atoms with Gasteiger partial charge in [-0.25, -0.2) is 0 Å². The van der Waals surface area contributed by atoms with Gasteiger partial charge in [-0.05, 0) is 43.1 Å². The zero-order chi connectivity index (χ0) is 29.0. The number of likely N-dealkylation sites (N-methyl/N-ethyl adjacent to an activating group) is 1. The number of carbonyl (C=O) groups is 2. The number of aromatic nitrogens is 1. The molecule has 0 radical (unpaired) electrons. The fourth-order valence-corrected chi connectivity index (χ4v) is 6.01. The molecule has 0 bridgehead atoms. The number of carbonyl (C=O) groups excluding carboxylic acids is 2. The number of aliphatic hydroxyl groups excluding tert-OH is 1. The third kappa shape index (κ3) is 4.51. The van der Waals surface area contributed by atoms with Crippen molar-refractivity contribution in [1.29, 1.82) is 5.26 Å². The van der Waals surface area contributed by atoms with E-state index in [-0.39, 0.29) is 41.4 Å². The SMILES string of the molecule is CC(C)C[C@@H](C(=O)N1C[C@]2(C[C@H]1C#N)C(=O)Nc1ccccc12)N(C)C(O)c1cc2cccc(C(F)(F)F)c2[nH]1. The van der Waals surface area contributed by atoms with Gasteiger partial charge in [-0.1, -0.05) is 44.2 Å². The molecule has 11 heteroatoms. The largest absolute Gasteiger partial charge is 0.418 e. The summed E-state index contributed by atoms with van der Waals surface area (Å²) in [5.41, 5.74) is -0.562. The molecule has 3 aromatic rings. The first-order chi connectivity index (χ1) is 18.9. The number of amides is 2. The summed E-state index contributed by atoms with van der Waals surface area (Å²) < 4.78 is 40.7. The summed E-state index contributed by atoms with van der Waals surface area (Å²) in [5, 5.41) is 24.4. The normalized spacial score (nSPS) is 22.1. The number of para-hydroxylation sites is 2. The van der Waals surface area contributed by atoms with Gasteiger partial charge in [0.05, 0.1) is 34.3 Å². The zero-order valence-corrected chi connectivity index (χ0v) is 22.3. The van der Waals surface area contributed by atoms with Gasteiger partial charge < -0.3 is 20.3 Å². The van der Waals surface area contributed by atoms with E-state index in [0.717, 1.165) is 11.6 Å². The van der Waals surface area contributed by atoms with Crippen molar-refractivity contribution >= 4 is 28.4 Å². The molecule has 8 nitrogen and oxygen atoms in total. The zero-order valence-electron chi connectivity index (χ0n) is 22.3. The average molecular weight is 554 g/mol. The van der Waals surface area contributed by atoms with E-state index in [4.69, 9.17) is 0 Å². The van der Waals surface area contributed by atoms with Gasteiger partial charge in [0.1, 0.15) is 12.3 Å². The number of alkyl halides is 3. The minimum atomic E-state index is -4.59. The first-order valence-electron chi connectivity index (χ1n) is 13.1. The Morgan fingerprint density at radius 3 is 2.65 bits per heavy atom. The highest BCUT2D eigenvalue weighted by Crippen LogP contribution is 2.46. The van der Waals surface area contributed by atoms with Crippen LogP contribution in [0, 0.1) is 17.2 Å². The van der Waals surface area contributed by atoms with Crippen LogP contribution in [0.4, 0.5) is 18.9 Å². The van der Waals surface area contributed by atoms with E-state index in [0.29, 0.717) is 12.1 Å². The van der Waals surface area contributed by atoms with Gasteiger partial charge in [-0.15, -0.1) is 0 Å². The lowest BCUT2D eigenvalue weighted by atomic mass is 9.80. The molecule has 1 unspecified atom stereocenters. The van der Waals surface area contributed by atoms with Gasteiger partial charge in [-0.2, -0.15) is 18.4 Å². The maximum Gasteiger partial charge on any atom is 0.418 e. The predicted octanol–water partition coefficient (Wildman–Crippen LogP) is 4.54. The number of hydrogen-bond donors (Lipinski definition) is 3. The van der Waals surface area contributed by atoms with Crippen molar-refractivity contribution in [3.63, 3.8) is 0 Å². The molecule has 3 N–H and O–H groups in total. The van der Waals surface area contributed by atoms with Crippen LogP contribution in [0.1, 0.15) is 49.7 Å². The highest BCUT2D eigenvalue weighted by atomic mass is 19.4. The highest BCUT2D eigenvalue weighted by molar-refractivity contribution is 6.07. The molecule has 1 aromatic heterocycles. The second kappa shape index (κ2) is 9.94. The van der Waals surface area contributed by atoms with Gasteiger partial charge in [0.2, 0.25) is 11.8 Å². The summed E-state index contributed by atoms with van der Waals surface area (Å²) in [5.74, 6) is -0.685. The summed E-state index contributed by atoms with van der Waals surface area (Å²) in [6, 6.07) is 12.8. The summed E-state index contributed by atoms with van der Waals surface area (Å²) in [6.45, 7) is 3.83. The van der Waals surface area contributed by atoms with Crippen LogP contribution in [0.25, 0.3) is 10.9 Å². The molecule has 210 valence electrons. The van der Waals surface area contributed by atoms with Gasteiger partial charge in [0.15, 0.2) is 0 Å². The Labute approximate surface area is 229 Å². The first-order valence-corrected chi connectivity index (χ1v) is 13.1. The second-order valence-electron chi connectivity index (χ2n) is 11.1. The number of hydrogen-bond acceptors (Lipinski definition) is 5. The first kappa shape index (κ1) is 27.7. The molecule has 0 saturated carbocycles. The summed E-state index contributed by atoms with van der Waals surface area (Å²) in [6.07, 6.45) is -5.57.